The average molecular weight is 384 g/mol. The number of carbonyl (C=O) groups excluding carboxylic acids is 2. The molecular weight excluding hydrogens is 362 g/mol. The lowest BCUT2D eigenvalue weighted by Crippen LogP contribution is -2.91. The van der Waals surface area contributed by atoms with E-state index >= 15 is 0 Å². The fourth-order valence-corrected chi connectivity index (χ4v) is 4.20. The SMILES string of the molecule is CC1CCCCC1N1C(=O)c2cccc[n+]2O[N+]12NC(=O)c1cccc[n+]1O2. The van der Waals surface area contributed by atoms with E-state index in [1.165, 1.54) is 14.5 Å². The first-order valence-electron chi connectivity index (χ1n) is 9.56. The molecule has 1 aliphatic carbocycles. The number of carbonyl (C=O) groups is 2. The monoisotopic (exact) mass is 384 g/mol. The summed E-state index contributed by atoms with van der Waals surface area (Å²) in [7, 11) is 0. The van der Waals surface area contributed by atoms with Gasteiger partial charge in [-0.1, -0.05) is 30.2 Å². The summed E-state index contributed by atoms with van der Waals surface area (Å²) in [6, 6.07) is 10.2. The van der Waals surface area contributed by atoms with Gasteiger partial charge in [-0.25, -0.2) is 0 Å². The van der Waals surface area contributed by atoms with Crippen LogP contribution in [0.4, 0.5) is 0 Å². The summed E-state index contributed by atoms with van der Waals surface area (Å²) in [4.78, 5) is 38.5. The number of hydrogen-bond acceptors (Lipinski definition) is 4. The maximum atomic E-state index is 13.5. The van der Waals surface area contributed by atoms with Crippen molar-refractivity contribution in [2.75, 3.05) is 0 Å². The smallest absolute Gasteiger partial charge is 0.257 e. The number of nitrogens with one attached hydrogen (secondary N) is 1. The second kappa shape index (κ2) is 6.16. The van der Waals surface area contributed by atoms with Crippen molar-refractivity contribution in [1.82, 2.24) is 10.4 Å². The first-order chi connectivity index (χ1) is 13.6. The molecule has 1 saturated carbocycles. The molecule has 0 saturated heterocycles. The Bertz CT molecular complexity index is 963. The minimum atomic E-state index is -0.893. The van der Waals surface area contributed by atoms with E-state index in [1.807, 2.05) is 0 Å². The molecular formula is C19H22N5O4+3. The first kappa shape index (κ1) is 16.9. The van der Waals surface area contributed by atoms with Crippen LogP contribution in [0.1, 0.15) is 53.6 Å². The minimum Gasteiger partial charge on any atom is -0.257 e. The summed E-state index contributed by atoms with van der Waals surface area (Å²) < 4.78 is 2.67. The molecule has 3 aliphatic rings. The van der Waals surface area contributed by atoms with Gasteiger partial charge < -0.3 is 0 Å². The Balaban J connectivity index is 1.66. The lowest BCUT2D eigenvalue weighted by Gasteiger charge is -2.40. The highest BCUT2D eigenvalue weighted by Gasteiger charge is 2.68. The van der Waals surface area contributed by atoms with Gasteiger partial charge in [-0.15, -0.1) is 0 Å². The lowest BCUT2D eigenvalue weighted by molar-refractivity contribution is -1.48. The first-order valence-corrected chi connectivity index (χ1v) is 9.56. The van der Waals surface area contributed by atoms with Gasteiger partial charge in [-0.2, -0.15) is 0 Å². The Morgan fingerprint density at radius 1 is 1.00 bits per heavy atom. The molecule has 0 bridgehead atoms. The van der Waals surface area contributed by atoms with Crippen molar-refractivity contribution in [3.63, 3.8) is 0 Å². The molecule has 28 heavy (non-hydrogen) atoms. The van der Waals surface area contributed by atoms with E-state index in [9.17, 15) is 9.59 Å². The number of nitrogens with zero attached hydrogens (tertiary/aromatic N) is 4. The van der Waals surface area contributed by atoms with Crippen LogP contribution in [0.15, 0.2) is 48.8 Å². The van der Waals surface area contributed by atoms with E-state index in [4.69, 9.17) is 9.88 Å². The third kappa shape index (κ3) is 2.43. The van der Waals surface area contributed by atoms with Crippen molar-refractivity contribution in [1.29, 1.82) is 0 Å². The summed E-state index contributed by atoms with van der Waals surface area (Å²) in [5, 5.41) is 0.621. The molecule has 2 aromatic heterocycles. The van der Waals surface area contributed by atoms with Crippen LogP contribution in [0.3, 0.4) is 0 Å². The van der Waals surface area contributed by atoms with Crippen LogP contribution in [0.5, 0.6) is 0 Å². The zero-order valence-corrected chi connectivity index (χ0v) is 15.5. The van der Waals surface area contributed by atoms with Gasteiger partial charge >= 0.3 is 28.2 Å². The molecule has 5 rings (SSSR count). The maximum absolute atomic E-state index is 13.5. The van der Waals surface area contributed by atoms with Gasteiger partial charge in [0.15, 0.2) is 0 Å². The van der Waals surface area contributed by atoms with Crippen LogP contribution >= 0.6 is 0 Å². The topological polar surface area (TPSA) is 75.6 Å². The van der Waals surface area contributed by atoms with E-state index in [0.29, 0.717) is 11.4 Å². The molecule has 2 aliphatic heterocycles. The molecule has 2 amide bonds. The van der Waals surface area contributed by atoms with Gasteiger partial charge in [-0.3, -0.25) is 9.59 Å². The molecule has 9 nitrogen and oxygen atoms in total. The molecule has 1 fully saturated rings. The Labute approximate surface area is 161 Å². The molecule has 4 heterocycles. The van der Waals surface area contributed by atoms with E-state index < -0.39 is 10.9 Å². The highest BCUT2D eigenvalue weighted by atomic mass is 17.2. The summed E-state index contributed by atoms with van der Waals surface area (Å²) in [6.45, 7) is 2.12. The third-order valence-corrected chi connectivity index (χ3v) is 5.61. The Kier molecular flexibility index (Phi) is 3.73. The Morgan fingerprint density at radius 2 is 1.64 bits per heavy atom. The van der Waals surface area contributed by atoms with Crippen LogP contribution in [0.2, 0.25) is 0 Å². The highest BCUT2D eigenvalue weighted by molar-refractivity contribution is 5.91. The van der Waals surface area contributed by atoms with E-state index in [0.717, 1.165) is 25.7 Å². The number of amides is 2. The van der Waals surface area contributed by atoms with E-state index in [2.05, 4.69) is 12.3 Å². The summed E-state index contributed by atoms with van der Waals surface area (Å²) >= 11 is 0. The molecule has 3 unspecified atom stereocenters. The molecule has 0 aromatic carbocycles. The zero-order chi connectivity index (χ0) is 19.3. The van der Waals surface area contributed by atoms with Gasteiger partial charge in [0.2, 0.25) is 12.4 Å². The lowest BCUT2D eigenvalue weighted by atomic mass is 9.85. The van der Waals surface area contributed by atoms with Gasteiger partial charge in [0.05, 0.1) is 15.5 Å². The second-order valence-electron chi connectivity index (χ2n) is 7.43. The van der Waals surface area contributed by atoms with Gasteiger partial charge in [-0.05, 0) is 30.9 Å². The zero-order valence-electron chi connectivity index (χ0n) is 15.5. The average Bonchev–Trinajstić information content (AvgIpc) is 2.69. The van der Waals surface area contributed by atoms with Crippen molar-refractivity contribution in [3.8, 4) is 0 Å². The third-order valence-electron chi connectivity index (χ3n) is 5.61. The Morgan fingerprint density at radius 3 is 2.36 bits per heavy atom. The largest absolute Gasteiger partial charge is 0.378 e. The summed E-state index contributed by atoms with van der Waals surface area (Å²) in [5.74, 6) is -0.409. The van der Waals surface area contributed by atoms with Gasteiger partial charge in [0, 0.05) is 34.1 Å². The van der Waals surface area contributed by atoms with Crippen LogP contribution in [-0.4, -0.2) is 27.9 Å². The molecule has 3 atom stereocenters. The van der Waals surface area contributed by atoms with Crippen molar-refractivity contribution in [3.05, 3.63) is 60.2 Å². The highest BCUT2D eigenvalue weighted by Crippen LogP contribution is 2.32. The standard InChI is InChI=1S/C19H21N5O4/c1-14-8-2-3-9-15(14)23-19(26)17-11-5-7-13-22(17)28-24(23)20-18(25)16-10-4-6-12-21(16)27-24/h4-7,10-15H,2-3,8-9H2,1H3/q+2/p+1. The fourth-order valence-electron chi connectivity index (χ4n) is 4.20. The van der Waals surface area contributed by atoms with Crippen LogP contribution < -0.4 is 24.8 Å². The van der Waals surface area contributed by atoms with Crippen molar-refractivity contribution < 1.29 is 34.0 Å². The van der Waals surface area contributed by atoms with Crippen LogP contribution in [-0.2, 0) is 0 Å². The van der Waals surface area contributed by atoms with Crippen molar-refractivity contribution in [2.24, 2.45) is 5.92 Å². The van der Waals surface area contributed by atoms with Gasteiger partial charge in [0.25, 0.3) is 0 Å². The number of rotatable bonds is 1. The maximum Gasteiger partial charge on any atom is 0.378 e. The van der Waals surface area contributed by atoms with Crippen molar-refractivity contribution >= 4 is 11.8 Å². The molecule has 2 aromatic rings. The Hall–Kier alpha value is -3.20. The summed E-state index contributed by atoms with van der Waals surface area (Å²) in [5.41, 5.74) is 3.45. The number of fused-ring (bicyclic) bond motifs is 2. The fraction of sp³-hybridized carbons (Fsp3) is 0.368. The molecule has 1 N–H and O–H groups in total. The van der Waals surface area contributed by atoms with Crippen molar-refractivity contribution in [2.45, 2.75) is 38.6 Å². The normalized spacial score (nSPS) is 28.7. The predicted octanol–water partition coefficient (Wildman–Crippen LogP) is 0.0737. The molecule has 1 spiro atoms. The second-order valence-corrected chi connectivity index (χ2v) is 7.43. The quantitative estimate of drug-likeness (QED) is 0.558. The van der Waals surface area contributed by atoms with E-state index in [1.54, 1.807) is 48.8 Å². The van der Waals surface area contributed by atoms with Crippen LogP contribution in [0, 0.1) is 5.92 Å². The van der Waals surface area contributed by atoms with Gasteiger partial charge in [0.1, 0.15) is 0 Å². The van der Waals surface area contributed by atoms with Crippen LogP contribution in [0.25, 0.3) is 0 Å². The molecule has 0 radical (unpaired) electrons. The molecule has 9 heteroatoms. The summed E-state index contributed by atoms with van der Waals surface area (Å²) in [6.07, 6.45) is 7.18. The van der Waals surface area contributed by atoms with E-state index in [-0.39, 0.29) is 17.9 Å². The minimum absolute atomic E-state index is 0.138. The number of hydrogen-bond donors (Lipinski definition) is 1. The number of aromatic nitrogens is 2. The molecule has 144 valence electrons. The number of quaternary nitrogens is 1. The number of pyridine rings is 2. The predicted molar refractivity (Wildman–Crippen MR) is 91.8 cm³/mol.